The van der Waals surface area contributed by atoms with Crippen LogP contribution in [-0.4, -0.2) is 63.6 Å². The number of para-hydroxylation sites is 1. The minimum Gasteiger partial charge on any atom is -0.378 e. The fourth-order valence-corrected chi connectivity index (χ4v) is 5.90. The van der Waals surface area contributed by atoms with Crippen LogP contribution >= 0.6 is 0 Å². The summed E-state index contributed by atoms with van der Waals surface area (Å²) in [5, 5.41) is 11.5. The van der Waals surface area contributed by atoms with Gasteiger partial charge in [-0.25, -0.2) is 9.07 Å². The summed E-state index contributed by atoms with van der Waals surface area (Å²) in [5.41, 5.74) is 2.89. The first-order valence-electron chi connectivity index (χ1n) is 14.1. The number of nitrogens with zero attached hydrogens (tertiary/aromatic N) is 5. The van der Waals surface area contributed by atoms with Gasteiger partial charge in [0.25, 0.3) is 0 Å². The summed E-state index contributed by atoms with van der Waals surface area (Å²) in [6.45, 7) is 3.17. The number of rotatable bonds is 8. The number of anilines is 2. The number of nitrogens with one attached hydrogen (secondary N) is 1. The molecule has 0 unspecified atom stereocenters. The maximum atomic E-state index is 14.1. The van der Waals surface area contributed by atoms with E-state index in [1.165, 1.54) is 12.1 Å². The average Bonchev–Trinajstić information content (AvgIpc) is 3.66. The summed E-state index contributed by atoms with van der Waals surface area (Å²) in [5.74, 6) is -0.813. The molecule has 2 heterocycles. The molecular weight excluding hydrogens is 523 g/mol. The third kappa shape index (κ3) is 5.65. The third-order valence-corrected chi connectivity index (χ3v) is 8.13. The molecular formula is C31H33FN6O3. The van der Waals surface area contributed by atoms with Crippen molar-refractivity contribution in [1.82, 2.24) is 19.9 Å². The van der Waals surface area contributed by atoms with Crippen LogP contribution in [0.2, 0.25) is 0 Å². The standard InChI is InChI=1S/C31H33FN6O3/c32-24-9-7-23(8-10-24)21-37(29(39)22-38-28-6-2-1-5-27(28)34-35-38)31(15-3-4-16-31)30(40)33-25-11-13-26(14-12-25)36-17-19-41-20-18-36/h1-2,5-14H,3-4,15-22H2,(H,33,40). The smallest absolute Gasteiger partial charge is 0.250 e. The molecule has 9 nitrogen and oxygen atoms in total. The minimum atomic E-state index is -1.05. The Kier molecular flexibility index (Phi) is 7.65. The zero-order valence-corrected chi connectivity index (χ0v) is 22.8. The Morgan fingerprint density at radius 2 is 1.66 bits per heavy atom. The van der Waals surface area contributed by atoms with Crippen LogP contribution in [-0.2, 0) is 27.4 Å². The molecule has 3 aromatic carbocycles. The largest absolute Gasteiger partial charge is 0.378 e. The summed E-state index contributed by atoms with van der Waals surface area (Å²) in [7, 11) is 0. The predicted octanol–water partition coefficient (Wildman–Crippen LogP) is 4.39. The summed E-state index contributed by atoms with van der Waals surface area (Å²) in [6.07, 6.45) is 2.72. The quantitative estimate of drug-likeness (QED) is 0.346. The number of ether oxygens (including phenoxy) is 1. The Morgan fingerprint density at radius 3 is 2.39 bits per heavy atom. The Morgan fingerprint density at radius 1 is 0.951 bits per heavy atom. The highest BCUT2D eigenvalue weighted by Crippen LogP contribution is 2.38. The lowest BCUT2D eigenvalue weighted by Crippen LogP contribution is -2.57. The van der Waals surface area contributed by atoms with E-state index < -0.39 is 5.54 Å². The first-order chi connectivity index (χ1) is 20.0. The van der Waals surface area contributed by atoms with Crippen molar-refractivity contribution in [2.45, 2.75) is 44.3 Å². The van der Waals surface area contributed by atoms with Gasteiger partial charge in [-0.3, -0.25) is 9.59 Å². The first-order valence-corrected chi connectivity index (χ1v) is 14.1. The maximum Gasteiger partial charge on any atom is 0.250 e. The van der Waals surface area contributed by atoms with Crippen molar-refractivity contribution in [2.75, 3.05) is 36.5 Å². The minimum absolute atomic E-state index is 0.0645. The average molecular weight is 557 g/mol. The van der Waals surface area contributed by atoms with Gasteiger partial charge >= 0.3 is 0 Å². The Balaban J connectivity index is 1.28. The molecule has 1 saturated heterocycles. The van der Waals surface area contributed by atoms with Crippen LogP contribution < -0.4 is 10.2 Å². The number of aromatic nitrogens is 3. The normalized spacial score (nSPS) is 16.6. The SMILES string of the molecule is O=C(Cn1nnc2ccccc21)N(Cc1ccc(F)cc1)C1(C(=O)Nc2ccc(N3CCOCC3)cc2)CCCC1. The number of hydrogen-bond donors (Lipinski definition) is 1. The van der Waals surface area contributed by atoms with Gasteiger partial charge in [-0.15, -0.1) is 5.10 Å². The van der Waals surface area contributed by atoms with Gasteiger partial charge in [0.2, 0.25) is 11.8 Å². The number of carbonyl (C=O) groups excluding carboxylic acids is 2. The Labute approximate surface area is 237 Å². The van der Waals surface area contributed by atoms with Gasteiger partial charge in [-0.1, -0.05) is 42.3 Å². The maximum absolute atomic E-state index is 14.1. The van der Waals surface area contributed by atoms with E-state index in [0.717, 1.165) is 42.7 Å². The van der Waals surface area contributed by atoms with Crippen LogP contribution in [0.25, 0.3) is 11.0 Å². The second-order valence-corrected chi connectivity index (χ2v) is 10.7. The van der Waals surface area contributed by atoms with Crippen molar-refractivity contribution in [1.29, 1.82) is 0 Å². The Hall–Kier alpha value is -4.31. The third-order valence-electron chi connectivity index (χ3n) is 8.13. The number of amides is 2. The van der Waals surface area contributed by atoms with Gasteiger partial charge in [-0.05, 0) is 66.9 Å². The van der Waals surface area contributed by atoms with Crippen molar-refractivity contribution in [2.24, 2.45) is 0 Å². The van der Waals surface area contributed by atoms with Crippen LogP contribution in [0.4, 0.5) is 15.8 Å². The number of morpholine rings is 1. The van der Waals surface area contributed by atoms with Crippen LogP contribution in [0, 0.1) is 5.82 Å². The molecule has 4 aromatic rings. The molecule has 0 radical (unpaired) electrons. The summed E-state index contributed by atoms with van der Waals surface area (Å²) < 4.78 is 20.7. The molecule has 0 bridgehead atoms. The van der Waals surface area contributed by atoms with Gasteiger partial charge in [0, 0.05) is 31.0 Å². The van der Waals surface area contributed by atoms with Crippen molar-refractivity contribution in [3.8, 4) is 0 Å². The van der Waals surface area contributed by atoms with Gasteiger partial charge in [-0.2, -0.15) is 0 Å². The second-order valence-electron chi connectivity index (χ2n) is 10.7. The monoisotopic (exact) mass is 556 g/mol. The lowest BCUT2D eigenvalue weighted by Gasteiger charge is -2.40. The van der Waals surface area contributed by atoms with Gasteiger partial charge < -0.3 is 19.9 Å². The molecule has 1 aliphatic carbocycles. The molecule has 1 saturated carbocycles. The highest BCUT2D eigenvalue weighted by atomic mass is 19.1. The molecule has 2 fully saturated rings. The summed E-state index contributed by atoms with van der Waals surface area (Å²) in [4.78, 5) is 32.1. The van der Waals surface area contributed by atoms with Crippen molar-refractivity contribution in [3.63, 3.8) is 0 Å². The zero-order chi connectivity index (χ0) is 28.2. The summed E-state index contributed by atoms with van der Waals surface area (Å²) >= 11 is 0. The fourth-order valence-electron chi connectivity index (χ4n) is 5.90. The number of fused-ring (bicyclic) bond motifs is 1. The summed E-state index contributed by atoms with van der Waals surface area (Å²) in [6, 6.07) is 21.3. The van der Waals surface area contributed by atoms with E-state index in [4.69, 9.17) is 4.74 Å². The number of benzene rings is 3. The lowest BCUT2D eigenvalue weighted by atomic mass is 9.92. The van der Waals surface area contributed by atoms with Crippen molar-refractivity contribution in [3.05, 3.63) is 84.2 Å². The molecule has 1 aromatic heterocycles. The van der Waals surface area contributed by atoms with E-state index in [9.17, 15) is 14.0 Å². The molecule has 10 heteroatoms. The molecule has 1 aliphatic heterocycles. The highest BCUT2D eigenvalue weighted by Gasteiger charge is 2.48. The number of hydrogen-bond acceptors (Lipinski definition) is 6. The molecule has 6 rings (SSSR count). The molecule has 2 aliphatic rings. The zero-order valence-electron chi connectivity index (χ0n) is 22.8. The molecule has 1 N–H and O–H groups in total. The van der Waals surface area contributed by atoms with Crippen LogP contribution in [0.3, 0.4) is 0 Å². The van der Waals surface area contributed by atoms with Gasteiger partial charge in [0.1, 0.15) is 23.4 Å². The van der Waals surface area contributed by atoms with E-state index in [1.807, 2.05) is 48.5 Å². The van der Waals surface area contributed by atoms with Crippen LogP contribution in [0.15, 0.2) is 72.8 Å². The molecule has 41 heavy (non-hydrogen) atoms. The van der Waals surface area contributed by atoms with Crippen LogP contribution in [0.5, 0.6) is 0 Å². The van der Waals surface area contributed by atoms with Crippen molar-refractivity contribution >= 4 is 34.2 Å². The molecule has 212 valence electrons. The second kappa shape index (κ2) is 11.7. The predicted molar refractivity (Wildman–Crippen MR) is 154 cm³/mol. The molecule has 2 amide bonds. The van der Waals surface area contributed by atoms with E-state index in [-0.39, 0.29) is 30.7 Å². The van der Waals surface area contributed by atoms with E-state index in [0.29, 0.717) is 37.3 Å². The van der Waals surface area contributed by atoms with E-state index in [1.54, 1.807) is 21.7 Å². The molecule has 0 atom stereocenters. The van der Waals surface area contributed by atoms with E-state index >= 15 is 0 Å². The number of carbonyl (C=O) groups is 2. The topological polar surface area (TPSA) is 92.6 Å². The lowest BCUT2D eigenvalue weighted by molar-refractivity contribution is -0.147. The Bertz CT molecular complexity index is 1510. The van der Waals surface area contributed by atoms with Crippen LogP contribution in [0.1, 0.15) is 31.2 Å². The van der Waals surface area contributed by atoms with Gasteiger partial charge in [0.15, 0.2) is 0 Å². The molecule has 0 spiro atoms. The number of halogens is 1. The van der Waals surface area contributed by atoms with E-state index in [2.05, 4.69) is 20.5 Å². The highest BCUT2D eigenvalue weighted by molar-refractivity contribution is 6.01. The van der Waals surface area contributed by atoms with Gasteiger partial charge in [0.05, 0.1) is 18.7 Å². The fraction of sp³-hybridized carbons (Fsp3) is 0.355. The van der Waals surface area contributed by atoms with Crippen molar-refractivity contribution < 1.29 is 18.7 Å². The first kappa shape index (κ1) is 26.9.